The molecule has 7 heteroatoms. The Labute approximate surface area is 168 Å². The molecule has 3 aromatic rings. The number of aromatic nitrogens is 2. The summed E-state index contributed by atoms with van der Waals surface area (Å²) in [4.78, 5) is 12.3. The summed E-state index contributed by atoms with van der Waals surface area (Å²) in [6, 6.07) is 16.0. The summed E-state index contributed by atoms with van der Waals surface area (Å²) in [5.74, 6) is -0.00574. The molecule has 29 heavy (non-hydrogen) atoms. The molecule has 0 unspecified atom stereocenters. The maximum atomic E-state index is 12.3. The van der Waals surface area contributed by atoms with Gasteiger partial charge in [0.05, 0.1) is 12.2 Å². The van der Waals surface area contributed by atoms with E-state index in [1.807, 2.05) is 48.9 Å². The van der Waals surface area contributed by atoms with E-state index in [4.69, 9.17) is 0 Å². The lowest BCUT2D eigenvalue weighted by atomic mass is 10.1. The number of hydrogen-bond donors (Lipinski definition) is 1. The second kappa shape index (κ2) is 9.32. The normalized spacial score (nSPS) is 10.9. The molecule has 0 aliphatic rings. The summed E-state index contributed by atoms with van der Waals surface area (Å²) in [5, 5.41) is 7.36. The van der Waals surface area contributed by atoms with Crippen LogP contribution in [0.1, 0.15) is 28.9 Å². The quantitative estimate of drug-likeness (QED) is 0.596. The summed E-state index contributed by atoms with van der Waals surface area (Å²) in [6.07, 6.45) is 0.795. The molecule has 0 spiro atoms. The third kappa shape index (κ3) is 6.14. The predicted molar refractivity (Wildman–Crippen MR) is 107 cm³/mol. The third-order valence-electron chi connectivity index (χ3n) is 4.44. The van der Waals surface area contributed by atoms with Gasteiger partial charge in [-0.2, -0.15) is 13.9 Å². The number of hydrogen-bond acceptors (Lipinski definition) is 3. The third-order valence-corrected chi connectivity index (χ3v) is 4.44. The average molecular weight is 399 g/mol. The van der Waals surface area contributed by atoms with Crippen LogP contribution in [0.3, 0.4) is 0 Å². The summed E-state index contributed by atoms with van der Waals surface area (Å²) < 4.78 is 30.6. The average Bonchev–Trinajstić information content (AvgIpc) is 2.98. The Morgan fingerprint density at radius 2 is 1.86 bits per heavy atom. The SMILES string of the molecule is Cc1cc(C)n(Cc2cccc(NC(=O)CCc3ccc(OC(F)F)cc3)c2)n1. The number of halogens is 2. The van der Waals surface area contributed by atoms with Crippen molar-refractivity contribution in [3.05, 3.63) is 77.1 Å². The molecule has 0 aliphatic carbocycles. The molecule has 0 saturated heterocycles. The zero-order chi connectivity index (χ0) is 20.8. The van der Waals surface area contributed by atoms with E-state index in [1.54, 1.807) is 12.1 Å². The van der Waals surface area contributed by atoms with Gasteiger partial charge in [-0.05, 0) is 61.7 Å². The van der Waals surface area contributed by atoms with Crippen LogP contribution in [0, 0.1) is 13.8 Å². The number of carbonyl (C=O) groups excluding carboxylic acids is 1. The van der Waals surface area contributed by atoms with Crippen LogP contribution in [0.5, 0.6) is 5.75 Å². The molecule has 1 heterocycles. The van der Waals surface area contributed by atoms with E-state index in [2.05, 4.69) is 15.2 Å². The fourth-order valence-electron chi connectivity index (χ4n) is 3.07. The number of nitrogens with one attached hydrogen (secondary N) is 1. The van der Waals surface area contributed by atoms with Gasteiger partial charge in [0.1, 0.15) is 5.75 Å². The first-order valence-corrected chi connectivity index (χ1v) is 9.32. The van der Waals surface area contributed by atoms with Crippen LogP contribution in [0.4, 0.5) is 14.5 Å². The van der Waals surface area contributed by atoms with Crippen LogP contribution in [0.25, 0.3) is 0 Å². The van der Waals surface area contributed by atoms with E-state index < -0.39 is 6.61 Å². The Morgan fingerprint density at radius 3 is 2.52 bits per heavy atom. The van der Waals surface area contributed by atoms with Gasteiger partial charge in [-0.15, -0.1) is 0 Å². The van der Waals surface area contributed by atoms with Crippen molar-refractivity contribution in [1.29, 1.82) is 0 Å². The highest BCUT2D eigenvalue weighted by atomic mass is 19.3. The molecule has 0 aliphatic heterocycles. The number of rotatable bonds is 8. The highest BCUT2D eigenvalue weighted by Gasteiger charge is 2.07. The largest absolute Gasteiger partial charge is 0.435 e. The molecular formula is C22H23F2N3O2. The number of anilines is 1. The van der Waals surface area contributed by atoms with E-state index in [9.17, 15) is 13.6 Å². The van der Waals surface area contributed by atoms with Crippen molar-refractivity contribution < 1.29 is 18.3 Å². The van der Waals surface area contributed by atoms with Crippen LogP contribution in [-0.2, 0) is 17.8 Å². The van der Waals surface area contributed by atoms with Crippen molar-refractivity contribution in [2.24, 2.45) is 0 Å². The number of nitrogens with zero attached hydrogens (tertiary/aromatic N) is 2. The first-order valence-electron chi connectivity index (χ1n) is 9.32. The van der Waals surface area contributed by atoms with Gasteiger partial charge in [-0.1, -0.05) is 24.3 Å². The Hall–Kier alpha value is -3.22. The smallest absolute Gasteiger partial charge is 0.387 e. The molecule has 1 N–H and O–H groups in total. The van der Waals surface area contributed by atoms with Crippen LogP contribution in [0.2, 0.25) is 0 Å². The van der Waals surface area contributed by atoms with E-state index >= 15 is 0 Å². The first kappa shape index (κ1) is 20.5. The van der Waals surface area contributed by atoms with Gasteiger partial charge in [-0.3, -0.25) is 9.48 Å². The van der Waals surface area contributed by atoms with Crippen LogP contribution < -0.4 is 10.1 Å². The molecule has 3 rings (SSSR count). The lowest BCUT2D eigenvalue weighted by Gasteiger charge is -2.09. The van der Waals surface area contributed by atoms with Crippen LogP contribution in [-0.4, -0.2) is 22.3 Å². The minimum atomic E-state index is -2.84. The highest BCUT2D eigenvalue weighted by Crippen LogP contribution is 2.17. The number of ether oxygens (including phenoxy) is 1. The molecule has 0 radical (unpaired) electrons. The number of aryl methyl sites for hydroxylation is 3. The standard InChI is InChI=1S/C22H23F2N3O2/c1-15-12-16(2)27(26-15)14-18-4-3-5-19(13-18)25-21(28)11-8-17-6-9-20(10-7-17)29-22(23)24/h3-7,9-10,12-13,22H,8,11,14H2,1-2H3,(H,25,28). The topological polar surface area (TPSA) is 56.2 Å². The summed E-state index contributed by atoms with van der Waals surface area (Å²) >= 11 is 0. The van der Waals surface area contributed by atoms with E-state index in [0.29, 0.717) is 13.0 Å². The maximum absolute atomic E-state index is 12.3. The lowest BCUT2D eigenvalue weighted by Crippen LogP contribution is -2.13. The molecule has 1 aromatic heterocycles. The van der Waals surface area contributed by atoms with E-state index in [-0.39, 0.29) is 18.1 Å². The number of alkyl halides is 2. The molecular weight excluding hydrogens is 376 g/mol. The van der Waals surface area contributed by atoms with Crippen molar-refractivity contribution in [2.75, 3.05) is 5.32 Å². The fourth-order valence-corrected chi connectivity index (χ4v) is 3.07. The van der Waals surface area contributed by atoms with Crippen molar-refractivity contribution in [2.45, 2.75) is 39.8 Å². The number of amides is 1. The van der Waals surface area contributed by atoms with E-state index in [0.717, 1.165) is 28.2 Å². The van der Waals surface area contributed by atoms with Gasteiger partial charge in [0.25, 0.3) is 0 Å². The van der Waals surface area contributed by atoms with E-state index in [1.165, 1.54) is 12.1 Å². The van der Waals surface area contributed by atoms with Gasteiger partial charge in [0, 0.05) is 17.8 Å². The van der Waals surface area contributed by atoms with Gasteiger partial charge in [-0.25, -0.2) is 0 Å². The lowest BCUT2D eigenvalue weighted by molar-refractivity contribution is -0.116. The summed E-state index contributed by atoms with van der Waals surface area (Å²) in [6.45, 7) is 1.76. The molecule has 2 aromatic carbocycles. The maximum Gasteiger partial charge on any atom is 0.387 e. The minimum absolute atomic E-state index is 0.104. The van der Waals surface area contributed by atoms with Crippen molar-refractivity contribution in [3.8, 4) is 5.75 Å². The second-order valence-corrected chi connectivity index (χ2v) is 6.86. The molecule has 0 atom stereocenters. The predicted octanol–water partition coefficient (Wildman–Crippen LogP) is 4.72. The summed E-state index contributed by atoms with van der Waals surface area (Å²) in [5.41, 5.74) is 4.71. The molecule has 152 valence electrons. The van der Waals surface area contributed by atoms with Gasteiger partial charge < -0.3 is 10.1 Å². The molecule has 1 amide bonds. The van der Waals surface area contributed by atoms with Crippen molar-refractivity contribution in [1.82, 2.24) is 9.78 Å². The molecule has 0 bridgehead atoms. The van der Waals surface area contributed by atoms with Gasteiger partial charge >= 0.3 is 6.61 Å². The zero-order valence-corrected chi connectivity index (χ0v) is 16.4. The fraction of sp³-hybridized carbons (Fsp3) is 0.273. The van der Waals surface area contributed by atoms with Gasteiger partial charge in [0.15, 0.2) is 0 Å². The molecule has 0 fully saturated rings. The molecule has 5 nitrogen and oxygen atoms in total. The Balaban J connectivity index is 1.53. The Morgan fingerprint density at radius 1 is 1.10 bits per heavy atom. The van der Waals surface area contributed by atoms with Crippen LogP contribution >= 0.6 is 0 Å². The second-order valence-electron chi connectivity index (χ2n) is 6.86. The Kier molecular flexibility index (Phi) is 6.59. The molecule has 0 saturated carbocycles. The zero-order valence-electron chi connectivity index (χ0n) is 16.4. The van der Waals surface area contributed by atoms with Crippen LogP contribution in [0.15, 0.2) is 54.6 Å². The van der Waals surface area contributed by atoms with Crippen molar-refractivity contribution in [3.63, 3.8) is 0 Å². The summed E-state index contributed by atoms with van der Waals surface area (Å²) in [7, 11) is 0. The number of carbonyl (C=O) groups is 1. The Bertz CT molecular complexity index is 968. The van der Waals surface area contributed by atoms with Gasteiger partial charge in [0.2, 0.25) is 5.91 Å². The monoisotopic (exact) mass is 399 g/mol. The number of benzene rings is 2. The minimum Gasteiger partial charge on any atom is -0.435 e. The van der Waals surface area contributed by atoms with Crippen molar-refractivity contribution >= 4 is 11.6 Å². The highest BCUT2D eigenvalue weighted by molar-refractivity contribution is 5.90. The first-order chi connectivity index (χ1) is 13.9.